The average molecular weight is 309 g/mol. The maximum Gasteiger partial charge on any atom is 0.432 e. The third-order valence-electron chi connectivity index (χ3n) is 2.98. The van der Waals surface area contributed by atoms with Crippen LogP contribution in [-0.2, 0) is 17.5 Å². The van der Waals surface area contributed by atoms with Gasteiger partial charge in [-0.3, -0.25) is 14.8 Å². The molecule has 9 heteroatoms. The molecule has 0 unspecified atom stereocenters. The van der Waals surface area contributed by atoms with Crippen molar-refractivity contribution in [3.8, 4) is 0 Å². The molecular formula is C13H10F3N5O. The first kappa shape index (κ1) is 14.1. The minimum Gasteiger partial charge on any atom is -0.320 e. The average Bonchev–Trinajstić information content (AvgIpc) is 3.06. The van der Waals surface area contributed by atoms with E-state index in [1.807, 2.05) is 17.1 Å². The van der Waals surface area contributed by atoms with E-state index in [0.717, 1.165) is 10.9 Å². The lowest BCUT2D eigenvalue weighted by Gasteiger charge is -2.04. The molecule has 1 amide bonds. The topological polar surface area (TPSA) is 75.6 Å². The van der Waals surface area contributed by atoms with Gasteiger partial charge in [0.2, 0.25) is 11.9 Å². The summed E-state index contributed by atoms with van der Waals surface area (Å²) in [6.45, 7) is -0.129. The van der Waals surface area contributed by atoms with E-state index in [-0.39, 0.29) is 12.5 Å². The first-order chi connectivity index (χ1) is 10.4. The van der Waals surface area contributed by atoms with E-state index in [0.29, 0.717) is 6.20 Å². The molecule has 0 aliphatic heterocycles. The van der Waals surface area contributed by atoms with E-state index >= 15 is 0 Å². The highest BCUT2D eigenvalue weighted by Crippen LogP contribution is 2.28. The van der Waals surface area contributed by atoms with Crippen LogP contribution in [0.3, 0.4) is 0 Å². The summed E-state index contributed by atoms with van der Waals surface area (Å²) in [5.74, 6) is -0.786. The lowest BCUT2D eigenvalue weighted by molar-refractivity contribution is -0.140. The number of rotatable bonds is 3. The summed E-state index contributed by atoms with van der Waals surface area (Å²) in [6.07, 6.45) is -2.30. The summed E-state index contributed by atoms with van der Waals surface area (Å²) in [7, 11) is 0. The summed E-state index contributed by atoms with van der Waals surface area (Å²) in [6, 6.07) is 7.29. The van der Waals surface area contributed by atoms with E-state index in [1.54, 1.807) is 18.3 Å². The van der Waals surface area contributed by atoms with E-state index in [9.17, 15) is 18.0 Å². The number of para-hydroxylation sites is 1. The molecule has 1 aromatic carbocycles. The maximum atomic E-state index is 12.4. The smallest absolute Gasteiger partial charge is 0.320 e. The SMILES string of the molecule is O=C(Cn1ncc2ccccc21)Nc1ncc(C(F)(F)F)[nH]1. The number of benzene rings is 1. The largest absolute Gasteiger partial charge is 0.432 e. The van der Waals surface area contributed by atoms with Gasteiger partial charge in [0.25, 0.3) is 0 Å². The molecule has 0 radical (unpaired) electrons. The summed E-state index contributed by atoms with van der Waals surface area (Å²) < 4.78 is 38.7. The zero-order valence-corrected chi connectivity index (χ0v) is 11.1. The lowest BCUT2D eigenvalue weighted by Crippen LogP contribution is -2.20. The molecule has 2 heterocycles. The number of hydrogen-bond donors (Lipinski definition) is 2. The Morgan fingerprint density at radius 3 is 2.77 bits per heavy atom. The minimum atomic E-state index is -4.53. The Kier molecular flexibility index (Phi) is 3.32. The van der Waals surface area contributed by atoms with Crippen molar-refractivity contribution in [2.45, 2.75) is 12.7 Å². The predicted molar refractivity (Wildman–Crippen MR) is 72.0 cm³/mol. The molecule has 0 fully saturated rings. The molecule has 2 N–H and O–H groups in total. The Morgan fingerprint density at radius 2 is 2.05 bits per heavy atom. The Morgan fingerprint density at radius 1 is 1.27 bits per heavy atom. The monoisotopic (exact) mass is 309 g/mol. The molecule has 0 atom stereocenters. The van der Waals surface area contributed by atoms with Gasteiger partial charge in [0.05, 0.1) is 17.9 Å². The highest BCUT2D eigenvalue weighted by atomic mass is 19.4. The van der Waals surface area contributed by atoms with Gasteiger partial charge in [0, 0.05) is 5.39 Å². The molecule has 0 aliphatic rings. The van der Waals surface area contributed by atoms with Crippen LogP contribution in [0.4, 0.5) is 19.1 Å². The second-order valence-corrected chi connectivity index (χ2v) is 4.55. The molecule has 0 spiro atoms. The number of anilines is 1. The highest BCUT2D eigenvalue weighted by molar-refractivity contribution is 5.90. The van der Waals surface area contributed by atoms with Crippen molar-refractivity contribution < 1.29 is 18.0 Å². The van der Waals surface area contributed by atoms with Crippen molar-refractivity contribution in [3.63, 3.8) is 0 Å². The molecule has 3 aromatic rings. The number of nitrogens with zero attached hydrogens (tertiary/aromatic N) is 3. The predicted octanol–water partition coefficient (Wildman–Crippen LogP) is 2.42. The van der Waals surface area contributed by atoms with Crippen LogP contribution in [0.2, 0.25) is 0 Å². The van der Waals surface area contributed by atoms with Crippen LogP contribution in [0, 0.1) is 0 Å². The molecule has 114 valence electrons. The summed E-state index contributed by atoms with van der Waals surface area (Å²) in [4.78, 5) is 17.3. The van der Waals surface area contributed by atoms with Crippen molar-refractivity contribution >= 4 is 22.8 Å². The van der Waals surface area contributed by atoms with E-state index < -0.39 is 17.8 Å². The highest BCUT2D eigenvalue weighted by Gasteiger charge is 2.33. The molecule has 0 aliphatic carbocycles. The first-order valence-electron chi connectivity index (χ1n) is 6.26. The fraction of sp³-hybridized carbons (Fsp3) is 0.154. The van der Waals surface area contributed by atoms with Gasteiger partial charge in [-0.25, -0.2) is 4.98 Å². The van der Waals surface area contributed by atoms with E-state index in [4.69, 9.17) is 0 Å². The van der Waals surface area contributed by atoms with Gasteiger partial charge >= 0.3 is 6.18 Å². The van der Waals surface area contributed by atoms with Crippen molar-refractivity contribution in [1.82, 2.24) is 19.7 Å². The summed E-state index contributed by atoms with van der Waals surface area (Å²) in [5.41, 5.74) is -0.264. The van der Waals surface area contributed by atoms with Gasteiger partial charge in [-0.05, 0) is 6.07 Å². The van der Waals surface area contributed by atoms with Crippen LogP contribution in [-0.4, -0.2) is 25.7 Å². The number of nitrogens with one attached hydrogen (secondary N) is 2. The molecule has 0 bridgehead atoms. The summed E-state index contributed by atoms with van der Waals surface area (Å²) in [5, 5.41) is 7.21. The number of H-pyrrole nitrogens is 1. The fourth-order valence-electron chi connectivity index (χ4n) is 1.99. The Balaban J connectivity index is 1.71. The number of imidazole rings is 1. The maximum absolute atomic E-state index is 12.4. The molecule has 0 saturated heterocycles. The third kappa shape index (κ3) is 2.78. The molecular weight excluding hydrogens is 299 g/mol. The molecule has 2 aromatic heterocycles. The van der Waals surface area contributed by atoms with Gasteiger partial charge in [0.1, 0.15) is 12.2 Å². The van der Waals surface area contributed by atoms with Gasteiger partial charge < -0.3 is 4.98 Å². The standard InChI is InChI=1S/C13H10F3N5O/c14-13(15,16)10-6-17-12(19-10)20-11(22)7-21-9-4-2-1-3-8(9)5-18-21/h1-6H,7H2,(H2,17,19,20,22). The summed E-state index contributed by atoms with van der Waals surface area (Å²) >= 11 is 0. The van der Waals surface area contributed by atoms with Crippen LogP contribution in [0.15, 0.2) is 36.7 Å². The van der Waals surface area contributed by atoms with Crippen LogP contribution in [0.5, 0.6) is 0 Å². The number of alkyl halides is 3. The quantitative estimate of drug-likeness (QED) is 0.780. The number of fused-ring (bicyclic) bond motifs is 1. The number of halogens is 3. The lowest BCUT2D eigenvalue weighted by atomic mass is 10.2. The Bertz CT molecular complexity index is 820. The molecule has 0 saturated carbocycles. The minimum absolute atomic E-state index is 0.129. The fourth-order valence-corrected chi connectivity index (χ4v) is 1.99. The number of aromatic nitrogens is 4. The number of aromatic amines is 1. The van der Waals surface area contributed by atoms with Crippen molar-refractivity contribution in [3.05, 3.63) is 42.4 Å². The number of amides is 1. The van der Waals surface area contributed by atoms with Gasteiger partial charge in [0.15, 0.2) is 0 Å². The second kappa shape index (κ2) is 5.17. The van der Waals surface area contributed by atoms with Crippen LogP contribution < -0.4 is 5.32 Å². The number of carbonyl (C=O) groups is 1. The van der Waals surface area contributed by atoms with Crippen LogP contribution in [0.1, 0.15) is 5.69 Å². The zero-order chi connectivity index (χ0) is 15.7. The van der Waals surface area contributed by atoms with Gasteiger partial charge in [-0.1, -0.05) is 18.2 Å². The van der Waals surface area contributed by atoms with Crippen molar-refractivity contribution in [2.75, 3.05) is 5.32 Å². The molecule has 3 rings (SSSR count). The first-order valence-corrected chi connectivity index (χ1v) is 6.26. The Labute approximate surface area is 122 Å². The zero-order valence-electron chi connectivity index (χ0n) is 11.1. The Hall–Kier alpha value is -2.84. The number of carbonyl (C=O) groups excluding carboxylic acids is 1. The number of hydrogen-bond acceptors (Lipinski definition) is 3. The van der Waals surface area contributed by atoms with Crippen molar-refractivity contribution in [2.24, 2.45) is 0 Å². The van der Waals surface area contributed by atoms with Crippen molar-refractivity contribution in [1.29, 1.82) is 0 Å². The third-order valence-corrected chi connectivity index (χ3v) is 2.98. The van der Waals surface area contributed by atoms with Gasteiger partial charge in [-0.2, -0.15) is 18.3 Å². The van der Waals surface area contributed by atoms with Crippen LogP contribution >= 0.6 is 0 Å². The molecule has 6 nitrogen and oxygen atoms in total. The van der Waals surface area contributed by atoms with Gasteiger partial charge in [-0.15, -0.1) is 0 Å². The van der Waals surface area contributed by atoms with E-state index in [2.05, 4.69) is 15.4 Å². The molecule has 22 heavy (non-hydrogen) atoms. The second-order valence-electron chi connectivity index (χ2n) is 4.55. The van der Waals surface area contributed by atoms with Crippen LogP contribution in [0.25, 0.3) is 10.9 Å². The van der Waals surface area contributed by atoms with E-state index in [1.165, 1.54) is 4.68 Å². The normalized spacial score (nSPS) is 11.8.